The van der Waals surface area contributed by atoms with Gasteiger partial charge in [-0.1, -0.05) is 30.3 Å². The van der Waals surface area contributed by atoms with Crippen molar-refractivity contribution in [3.8, 4) is 0 Å². The molecule has 128 valence electrons. The molecular formula is C18H25N5O. The minimum Gasteiger partial charge on any atom is -0.328 e. The number of hydrogen-bond acceptors (Lipinski definition) is 3. The van der Waals surface area contributed by atoms with Crippen LogP contribution in [0.15, 0.2) is 36.7 Å². The van der Waals surface area contributed by atoms with E-state index in [1.54, 1.807) is 6.33 Å². The number of carbonyl (C=O) groups excluding carboxylic acids is 1. The van der Waals surface area contributed by atoms with Crippen LogP contribution in [-0.2, 0) is 7.05 Å². The van der Waals surface area contributed by atoms with E-state index in [1.165, 1.54) is 5.56 Å². The van der Waals surface area contributed by atoms with Crippen molar-refractivity contribution in [2.24, 2.45) is 7.05 Å². The molecule has 24 heavy (non-hydrogen) atoms. The second-order valence-electron chi connectivity index (χ2n) is 6.50. The summed E-state index contributed by atoms with van der Waals surface area (Å²) in [6.07, 6.45) is 4.82. The highest BCUT2D eigenvalue weighted by molar-refractivity contribution is 5.74. The molecule has 1 aromatic heterocycles. The second-order valence-corrected chi connectivity index (χ2v) is 6.50. The Morgan fingerprint density at radius 3 is 2.75 bits per heavy atom. The highest BCUT2D eigenvalue weighted by atomic mass is 16.2. The molecule has 0 bridgehead atoms. The maximum Gasteiger partial charge on any atom is 0.317 e. The topological polar surface area (TPSA) is 63.1 Å². The number of benzene rings is 1. The molecule has 2 aromatic rings. The Balaban J connectivity index is 1.57. The molecule has 1 aliphatic heterocycles. The standard InChI is InChI=1S/C18H25N5O/c1-14(17-21-19-13-22(17)2)20-18(24)23-11-6-9-16(10-12-23)15-7-4-3-5-8-15/h3-5,7-8,13-14,16H,6,9-12H2,1-2H3,(H,20,24)/t14-,16+/m1/s1. The monoisotopic (exact) mass is 327 g/mol. The fraction of sp³-hybridized carbons (Fsp3) is 0.500. The van der Waals surface area contributed by atoms with Crippen molar-refractivity contribution in [1.29, 1.82) is 0 Å². The zero-order valence-electron chi connectivity index (χ0n) is 14.4. The number of nitrogens with zero attached hydrogens (tertiary/aromatic N) is 4. The largest absolute Gasteiger partial charge is 0.328 e. The fourth-order valence-corrected chi connectivity index (χ4v) is 3.38. The lowest BCUT2D eigenvalue weighted by molar-refractivity contribution is 0.195. The van der Waals surface area contributed by atoms with Crippen LogP contribution in [0, 0.1) is 0 Å². The van der Waals surface area contributed by atoms with Crippen LogP contribution in [0.4, 0.5) is 4.79 Å². The second kappa shape index (κ2) is 7.47. The van der Waals surface area contributed by atoms with Crippen LogP contribution in [0.2, 0.25) is 0 Å². The first-order valence-electron chi connectivity index (χ1n) is 8.59. The van der Waals surface area contributed by atoms with E-state index in [2.05, 4.69) is 39.8 Å². The summed E-state index contributed by atoms with van der Waals surface area (Å²) in [5, 5.41) is 11.0. The van der Waals surface area contributed by atoms with Crippen LogP contribution in [0.1, 0.15) is 49.5 Å². The third kappa shape index (κ3) is 3.75. The molecule has 1 N–H and O–H groups in total. The summed E-state index contributed by atoms with van der Waals surface area (Å²) in [7, 11) is 1.88. The molecule has 2 amide bonds. The van der Waals surface area contributed by atoms with Gasteiger partial charge in [-0.05, 0) is 37.7 Å². The Morgan fingerprint density at radius 1 is 1.25 bits per heavy atom. The van der Waals surface area contributed by atoms with Crippen molar-refractivity contribution in [3.63, 3.8) is 0 Å². The quantitative estimate of drug-likeness (QED) is 0.943. The number of nitrogens with one attached hydrogen (secondary N) is 1. The predicted octanol–water partition coefficient (Wildman–Crippen LogP) is 2.86. The number of aromatic nitrogens is 3. The minimum absolute atomic E-state index is 0.0146. The molecule has 2 heterocycles. The maximum atomic E-state index is 12.6. The number of carbonyl (C=O) groups is 1. The van der Waals surface area contributed by atoms with Gasteiger partial charge in [0.2, 0.25) is 0 Å². The van der Waals surface area contributed by atoms with Crippen molar-refractivity contribution in [1.82, 2.24) is 25.0 Å². The molecule has 1 aromatic carbocycles. The molecule has 0 unspecified atom stereocenters. The lowest BCUT2D eigenvalue weighted by atomic mass is 9.92. The summed E-state index contributed by atoms with van der Waals surface area (Å²) in [6, 6.07) is 10.4. The summed E-state index contributed by atoms with van der Waals surface area (Å²) in [5.41, 5.74) is 1.38. The summed E-state index contributed by atoms with van der Waals surface area (Å²) in [5.74, 6) is 1.31. The Bertz CT molecular complexity index is 669. The number of rotatable bonds is 3. The molecule has 6 nitrogen and oxygen atoms in total. The van der Waals surface area contributed by atoms with Crippen molar-refractivity contribution >= 4 is 6.03 Å². The molecule has 0 radical (unpaired) electrons. The molecule has 6 heteroatoms. The third-order valence-electron chi connectivity index (χ3n) is 4.76. The number of amides is 2. The van der Waals surface area contributed by atoms with E-state index < -0.39 is 0 Å². The van der Waals surface area contributed by atoms with E-state index in [1.807, 2.05) is 29.5 Å². The zero-order valence-corrected chi connectivity index (χ0v) is 14.4. The van der Waals surface area contributed by atoms with Crippen molar-refractivity contribution in [2.45, 2.75) is 38.1 Å². The highest BCUT2D eigenvalue weighted by Crippen LogP contribution is 2.27. The van der Waals surface area contributed by atoms with Gasteiger partial charge in [-0.2, -0.15) is 0 Å². The van der Waals surface area contributed by atoms with E-state index in [0.29, 0.717) is 5.92 Å². The maximum absolute atomic E-state index is 12.6. The van der Waals surface area contributed by atoms with Crippen molar-refractivity contribution < 1.29 is 4.79 Å². The smallest absolute Gasteiger partial charge is 0.317 e. The van der Waals surface area contributed by atoms with Crippen molar-refractivity contribution in [3.05, 3.63) is 48.0 Å². The van der Waals surface area contributed by atoms with Gasteiger partial charge >= 0.3 is 6.03 Å². The molecule has 0 aliphatic carbocycles. The average molecular weight is 327 g/mol. The summed E-state index contributed by atoms with van der Waals surface area (Å²) < 4.78 is 1.83. The molecule has 1 fully saturated rings. The van der Waals surface area contributed by atoms with Gasteiger partial charge in [-0.25, -0.2) is 4.79 Å². The SMILES string of the molecule is C[C@@H](NC(=O)N1CCC[C@H](c2ccccc2)CC1)c1nncn1C. The van der Waals surface area contributed by atoms with Crippen LogP contribution in [-0.4, -0.2) is 38.8 Å². The first kappa shape index (κ1) is 16.5. The molecule has 3 rings (SSSR count). The van der Waals surface area contributed by atoms with E-state index >= 15 is 0 Å². The van der Waals surface area contributed by atoms with Crippen molar-refractivity contribution in [2.75, 3.05) is 13.1 Å². The number of hydrogen-bond donors (Lipinski definition) is 1. The summed E-state index contributed by atoms with van der Waals surface area (Å²) in [4.78, 5) is 14.5. The fourth-order valence-electron chi connectivity index (χ4n) is 3.38. The van der Waals surface area contributed by atoms with Gasteiger partial charge in [0.05, 0.1) is 6.04 Å². The number of likely N-dealkylation sites (tertiary alicyclic amines) is 1. The van der Waals surface area contributed by atoms with Crippen LogP contribution in [0.5, 0.6) is 0 Å². The van der Waals surface area contributed by atoms with Gasteiger partial charge in [-0.15, -0.1) is 10.2 Å². The third-order valence-corrected chi connectivity index (χ3v) is 4.76. The molecule has 0 saturated carbocycles. The molecule has 1 saturated heterocycles. The lowest BCUT2D eigenvalue weighted by Crippen LogP contribution is -2.42. The average Bonchev–Trinajstić information content (AvgIpc) is 2.87. The van der Waals surface area contributed by atoms with Gasteiger partial charge in [0.15, 0.2) is 5.82 Å². The van der Waals surface area contributed by atoms with E-state index in [9.17, 15) is 4.79 Å². The summed E-state index contributed by atoms with van der Waals surface area (Å²) >= 11 is 0. The van der Waals surface area contributed by atoms with Crippen LogP contribution >= 0.6 is 0 Å². The number of aryl methyl sites for hydroxylation is 1. The van der Waals surface area contributed by atoms with E-state index in [4.69, 9.17) is 0 Å². The number of urea groups is 1. The molecule has 0 spiro atoms. The highest BCUT2D eigenvalue weighted by Gasteiger charge is 2.23. The van der Waals surface area contributed by atoms with E-state index in [0.717, 1.165) is 38.2 Å². The minimum atomic E-state index is -0.154. The first-order chi connectivity index (χ1) is 11.6. The summed E-state index contributed by atoms with van der Waals surface area (Å²) in [6.45, 7) is 3.53. The lowest BCUT2D eigenvalue weighted by Gasteiger charge is -2.23. The normalized spacial score (nSPS) is 19.6. The van der Waals surface area contributed by atoms with Gasteiger partial charge in [0.25, 0.3) is 0 Å². The Morgan fingerprint density at radius 2 is 2.04 bits per heavy atom. The first-order valence-corrected chi connectivity index (χ1v) is 8.59. The van der Waals surface area contributed by atoms with Gasteiger partial charge in [0.1, 0.15) is 6.33 Å². The van der Waals surface area contributed by atoms with Gasteiger partial charge in [-0.3, -0.25) is 0 Å². The Hall–Kier alpha value is -2.37. The Labute approximate surface area is 142 Å². The molecule has 1 aliphatic rings. The van der Waals surface area contributed by atoms with Crippen LogP contribution < -0.4 is 5.32 Å². The van der Waals surface area contributed by atoms with E-state index in [-0.39, 0.29) is 12.1 Å². The molecular weight excluding hydrogens is 302 g/mol. The van der Waals surface area contributed by atoms with Crippen LogP contribution in [0.25, 0.3) is 0 Å². The van der Waals surface area contributed by atoms with Crippen LogP contribution in [0.3, 0.4) is 0 Å². The Kier molecular flexibility index (Phi) is 5.13. The van der Waals surface area contributed by atoms with Gasteiger partial charge < -0.3 is 14.8 Å². The van der Waals surface area contributed by atoms with Gasteiger partial charge in [0, 0.05) is 20.1 Å². The predicted molar refractivity (Wildman–Crippen MR) is 92.6 cm³/mol. The molecule has 2 atom stereocenters. The zero-order chi connectivity index (χ0) is 16.9.